The first kappa shape index (κ1) is 15.5. The van der Waals surface area contributed by atoms with Gasteiger partial charge in [-0.15, -0.1) is 0 Å². The molecule has 0 fully saturated rings. The highest BCUT2D eigenvalue weighted by Gasteiger charge is 2.33. The van der Waals surface area contributed by atoms with Gasteiger partial charge >= 0.3 is 5.97 Å². The van der Waals surface area contributed by atoms with Gasteiger partial charge in [0, 0.05) is 6.04 Å². The molecule has 0 bridgehead atoms. The van der Waals surface area contributed by atoms with Crippen molar-refractivity contribution in [3.63, 3.8) is 0 Å². The molecule has 0 heterocycles. The van der Waals surface area contributed by atoms with E-state index in [-0.39, 0.29) is 12.5 Å². The Morgan fingerprint density at radius 2 is 2.00 bits per heavy atom. The van der Waals surface area contributed by atoms with Crippen molar-refractivity contribution in [3.8, 4) is 5.75 Å². The number of aliphatic carboxylic acids is 1. The van der Waals surface area contributed by atoms with Gasteiger partial charge in [-0.2, -0.15) is 0 Å². The summed E-state index contributed by atoms with van der Waals surface area (Å²) in [7, 11) is 1.62. The normalized spacial score (nSPS) is 15.6. The third-order valence-corrected chi connectivity index (χ3v) is 3.66. The molecule has 0 radical (unpaired) electrons. The quantitative estimate of drug-likeness (QED) is 0.794. The largest absolute Gasteiger partial charge is 0.497 e. The summed E-state index contributed by atoms with van der Waals surface area (Å²) in [5.74, 6) is -0.0108. The van der Waals surface area contributed by atoms with Gasteiger partial charge in [0.25, 0.3) is 0 Å². The molecule has 0 amide bonds. The zero-order valence-corrected chi connectivity index (χ0v) is 11.8. The first-order valence-corrected chi connectivity index (χ1v) is 6.51. The summed E-state index contributed by atoms with van der Waals surface area (Å²) in [5.41, 5.74) is 6.76. The van der Waals surface area contributed by atoms with Gasteiger partial charge in [0.15, 0.2) is 0 Å². The summed E-state index contributed by atoms with van der Waals surface area (Å²) in [5, 5.41) is 9.08. The van der Waals surface area contributed by atoms with Gasteiger partial charge < -0.3 is 15.6 Å². The summed E-state index contributed by atoms with van der Waals surface area (Å²) in [6.45, 7) is 3.93. The summed E-state index contributed by atoms with van der Waals surface area (Å²) >= 11 is 0. The Hall–Kier alpha value is -1.55. The van der Waals surface area contributed by atoms with Crippen LogP contribution in [0.2, 0.25) is 0 Å². The zero-order valence-electron chi connectivity index (χ0n) is 11.8. The second-order valence-electron chi connectivity index (χ2n) is 5.26. The predicted molar refractivity (Wildman–Crippen MR) is 75.3 cm³/mol. The van der Waals surface area contributed by atoms with Crippen LogP contribution in [0.15, 0.2) is 24.3 Å². The van der Waals surface area contributed by atoms with E-state index in [0.717, 1.165) is 17.7 Å². The van der Waals surface area contributed by atoms with Crippen LogP contribution in [0, 0.1) is 5.41 Å². The molecule has 4 nitrogen and oxygen atoms in total. The van der Waals surface area contributed by atoms with Gasteiger partial charge in [0.1, 0.15) is 5.75 Å². The molecule has 0 spiro atoms. The van der Waals surface area contributed by atoms with E-state index in [0.29, 0.717) is 6.42 Å². The SMILES string of the molecule is CCC(N)C(C)(CC(=O)O)Cc1ccc(OC)cc1. The van der Waals surface area contributed by atoms with Crippen molar-refractivity contribution >= 4 is 5.97 Å². The highest BCUT2D eigenvalue weighted by molar-refractivity contribution is 5.67. The first-order valence-electron chi connectivity index (χ1n) is 6.51. The number of hydrogen-bond donors (Lipinski definition) is 2. The van der Waals surface area contributed by atoms with E-state index in [1.165, 1.54) is 0 Å². The van der Waals surface area contributed by atoms with Gasteiger partial charge in [-0.25, -0.2) is 0 Å². The molecular weight excluding hydrogens is 242 g/mol. The topological polar surface area (TPSA) is 72.6 Å². The average Bonchev–Trinajstić information content (AvgIpc) is 2.37. The minimum atomic E-state index is -0.806. The molecule has 0 aliphatic carbocycles. The Balaban J connectivity index is 2.89. The van der Waals surface area contributed by atoms with E-state index in [2.05, 4.69) is 0 Å². The van der Waals surface area contributed by atoms with Crippen LogP contribution in [0.3, 0.4) is 0 Å². The van der Waals surface area contributed by atoms with Crippen LogP contribution < -0.4 is 10.5 Å². The molecule has 1 aromatic rings. The smallest absolute Gasteiger partial charge is 0.303 e. The minimum Gasteiger partial charge on any atom is -0.497 e. The fraction of sp³-hybridized carbons (Fsp3) is 0.533. The maximum absolute atomic E-state index is 11.1. The second-order valence-corrected chi connectivity index (χ2v) is 5.26. The van der Waals surface area contributed by atoms with Crippen LogP contribution >= 0.6 is 0 Å². The molecule has 1 aromatic carbocycles. The number of rotatable bonds is 7. The zero-order chi connectivity index (χ0) is 14.5. The van der Waals surface area contributed by atoms with Crippen molar-refractivity contribution in [1.29, 1.82) is 0 Å². The predicted octanol–water partition coefficient (Wildman–Crippen LogP) is 2.46. The molecule has 0 aromatic heterocycles. The molecule has 0 saturated heterocycles. The Morgan fingerprint density at radius 3 is 2.42 bits per heavy atom. The number of carboxylic acid groups (broad SMARTS) is 1. The number of carboxylic acids is 1. The lowest BCUT2D eigenvalue weighted by molar-refractivity contribution is -0.139. The fourth-order valence-corrected chi connectivity index (χ4v) is 2.37. The van der Waals surface area contributed by atoms with Crippen molar-refractivity contribution < 1.29 is 14.6 Å². The molecular formula is C15H23NO3. The van der Waals surface area contributed by atoms with Crippen LogP contribution in [0.1, 0.15) is 32.3 Å². The van der Waals surface area contributed by atoms with Crippen LogP contribution in [-0.4, -0.2) is 24.2 Å². The van der Waals surface area contributed by atoms with Gasteiger partial charge in [-0.3, -0.25) is 4.79 Å². The minimum absolute atomic E-state index is 0.0774. The van der Waals surface area contributed by atoms with Crippen LogP contribution in [-0.2, 0) is 11.2 Å². The van der Waals surface area contributed by atoms with Crippen LogP contribution in [0.5, 0.6) is 5.75 Å². The molecule has 4 heteroatoms. The first-order chi connectivity index (χ1) is 8.91. The number of hydrogen-bond acceptors (Lipinski definition) is 3. The summed E-state index contributed by atoms with van der Waals surface area (Å²) < 4.78 is 5.11. The van der Waals surface area contributed by atoms with E-state index in [4.69, 9.17) is 15.6 Å². The van der Waals surface area contributed by atoms with Gasteiger partial charge in [0.05, 0.1) is 13.5 Å². The molecule has 0 aliphatic rings. The van der Waals surface area contributed by atoms with Crippen molar-refractivity contribution in [2.24, 2.45) is 11.1 Å². The lowest BCUT2D eigenvalue weighted by Gasteiger charge is -2.34. The summed E-state index contributed by atoms with van der Waals surface area (Å²) in [6.07, 6.45) is 1.49. The maximum Gasteiger partial charge on any atom is 0.303 e. The number of methoxy groups -OCH3 is 1. The van der Waals surface area contributed by atoms with Crippen molar-refractivity contribution in [2.45, 2.75) is 39.2 Å². The van der Waals surface area contributed by atoms with Gasteiger partial charge in [-0.1, -0.05) is 26.0 Å². The van der Waals surface area contributed by atoms with E-state index >= 15 is 0 Å². The van der Waals surface area contributed by atoms with E-state index in [1.807, 2.05) is 38.1 Å². The number of benzene rings is 1. The molecule has 106 valence electrons. The molecule has 0 aliphatic heterocycles. The van der Waals surface area contributed by atoms with E-state index in [9.17, 15) is 4.79 Å². The average molecular weight is 265 g/mol. The number of carbonyl (C=O) groups is 1. The molecule has 19 heavy (non-hydrogen) atoms. The van der Waals surface area contributed by atoms with Crippen LogP contribution in [0.4, 0.5) is 0 Å². The fourth-order valence-electron chi connectivity index (χ4n) is 2.37. The maximum atomic E-state index is 11.1. The molecule has 2 unspecified atom stereocenters. The highest BCUT2D eigenvalue weighted by atomic mass is 16.5. The standard InChI is InChI=1S/C15H23NO3/c1-4-13(16)15(2,10-14(17)18)9-11-5-7-12(19-3)8-6-11/h5-8,13H,4,9-10,16H2,1-3H3,(H,17,18). The third-order valence-electron chi connectivity index (χ3n) is 3.66. The van der Waals surface area contributed by atoms with E-state index < -0.39 is 11.4 Å². The molecule has 3 N–H and O–H groups in total. The Kier molecular flexibility index (Phi) is 5.36. The Bertz CT molecular complexity index is 416. The Labute approximate surface area is 114 Å². The number of ether oxygens (including phenoxy) is 1. The highest BCUT2D eigenvalue weighted by Crippen LogP contribution is 2.32. The Morgan fingerprint density at radius 1 is 1.42 bits per heavy atom. The second kappa shape index (κ2) is 6.57. The van der Waals surface area contributed by atoms with Gasteiger partial charge in [0.2, 0.25) is 0 Å². The van der Waals surface area contributed by atoms with Crippen LogP contribution in [0.25, 0.3) is 0 Å². The van der Waals surface area contributed by atoms with Crippen molar-refractivity contribution in [3.05, 3.63) is 29.8 Å². The van der Waals surface area contributed by atoms with Crippen molar-refractivity contribution in [2.75, 3.05) is 7.11 Å². The van der Waals surface area contributed by atoms with E-state index in [1.54, 1.807) is 7.11 Å². The lowest BCUT2D eigenvalue weighted by Crippen LogP contribution is -2.42. The molecule has 1 rings (SSSR count). The van der Waals surface area contributed by atoms with Gasteiger partial charge in [-0.05, 0) is 36.0 Å². The van der Waals surface area contributed by atoms with Crippen molar-refractivity contribution in [1.82, 2.24) is 0 Å². The lowest BCUT2D eigenvalue weighted by atomic mass is 9.74. The number of nitrogens with two attached hydrogens (primary N) is 1. The summed E-state index contributed by atoms with van der Waals surface area (Å²) in [6, 6.07) is 7.55. The molecule has 2 atom stereocenters. The molecule has 0 saturated carbocycles. The summed E-state index contributed by atoms with van der Waals surface area (Å²) in [4.78, 5) is 11.1. The monoisotopic (exact) mass is 265 g/mol. The third kappa shape index (κ3) is 4.24.